The van der Waals surface area contributed by atoms with Crippen LogP contribution in [0.3, 0.4) is 0 Å². The van der Waals surface area contributed by atoms with E-state index < -0.39 is 29.9 Å². The highest BCUT2D eigenvalue weighted by molar-refractivity contribution is 6.00. The molecule has 4 aromatic heterocycles. The Morgan fingerprint density at radius 3 is 2.66 bits per heavy atom. The fraction of sp³-hybridized carbons (Fsp3) is 0.360. The van der Waals surface area contributed by atoms with Crippen LogP contribution in [0.2, 0.25) is 0 Å². The van der Waals surface area contributed by atoms with Gasteiger partial charge in [-0.1, -0.05) is 0 Å². The van der Waals surface area contributed by atoms with Crippen LogP contribution in [0, 0.1) is 11.3 Å². The number of nitrogens with one attached hydrogen (secondary N) is 2. The number of nitrogens with zero attached hydrogens (tertiary/aromatic N) is 7. The summed E-state index contributed by atoms with van der Waals surface area (Å²) in [6.07, 6.45) is 4.15. The fourth-order valence-electron chi connectivity index (χ4n) is 3.56. The minimum atomic E-state index is -1.70. The van der Waals surface area contributed by atoms with E-state index in [1.54, 1.807) is 24.4 Å². The Kier molecular flexibility index (Phi) is 7.10. The monoisotopic (exact) mass is 523 g/mol. The number of pyridine rings is 1. The van der Waals surface area contributed by atoms with E-state index >= 15 is 0 Å². The number of aliphatic hydroxyl groups is 1. The Hall–Kier alpha value is -4.44. The van der Waals surface area contributed by atoms with Crippen molar-refractivity contribution in [3.8, 4) is 17.5 Å². The number of alkyl halides is 2. The van der Waals surface area contributed by atoms with Gasteiger partial charge in [0.05, 0.1) is 53.6 Å². The van der Waals surface area contributed by atoms with Crippen molar-refractivity contribution in [2.45, 2.75) is 51.7 Å². The van der Waals surface area contributed by atoms with E-state index in [4.69, 9.17) is 5.26 Å². The molecule has 11 nitrogen and oxygen atoms in total. The molecule has 4 aromatic rings. The van der Waals surface area contributed by atoms with Gasteiger partial charge in [0.2, 0.25) is 0 Å². The lowest BCUT2D eigenvalue weighted by Gasteiger charge is -2.22. The third-order valence-corrected chi connectivity index (χ3v) is 5.55. The summed E-state index contributed by atoms with van der Waals surface area (Å²) in [4.78, 5) is 21.6. The Morgan fingerprint density at radius 2 is 1.97 bits per heavy atom. The molecular weight excluding hydrogens is 496 g/mol. The average molecular weight is 524 g/mol. The number of anilines is 2. The summed E-state index contributed by atoms with van der Waals surface area (Å²) in [5, 5.41) is 33.1. The highest BCUT2D eigenvalue weighted by Crippen LogP contribution is 2.27. The summed E-state index contributed by atoms with van der Waals surface area (Å²) in [6.45, 7) is 5.11. The molecule has 198 valence electrons. The van der Waals surface area contributed by atoms with Gasteiger partial charge in [0.1, 0.15) is 23.6 Å². The number of imidazole rings is 1. The van der Waals surface area contributed by atoms with Crippen LogP contribution in [0.1, 0.15) is 43.6 Å². The molecular formula is C25H27F2N9O2. The van der Waals surface area contributed by atoms with Gasteiger partial charge in [0, 0.05) is 24.5 Å². The van der Waals surface area contributed by atoms with E-state index in [1.165, 1.54) is 55.5 Å². The number of amides is 1. The molecule has 0 aliphatic carbocycles. The Labute approximate surface area is 217 Å². The first-order chi connectivity index (χ1) is 17.8. The van der Waals surface area contributed by atoms with Crippen LogP contribution in [0.5, 0.6) is 0 Å². The Morgan fingerprint density at radius 1 is 1.21 bits per heavy atom. The third-order valence-electron chi connectivity index (χ3n) is 5.55. The largest absolute Gasteiger partial charge is 0.387 e. The second kappa shape index (κ2) is 10.1. The van der Waals surface area contributed by atoms with Crippen LogP contribution in [0.25, 0.3) is 17.0 Å². The molecule has 0 bridgehead atoms. The van der Waals surface area contributed by atoms with Crippen LogP contribution in [0.4, 0.5) is 20.3 Å². The van der Waals surface area contributed by atoms with Gasteiger partial charge in [-0.05, 0) is 33.8 Å². The van der Waals surface area contributed by atoms with Crippen LogP contribution in [-0.2, 0) is 6.54 Å². The molecule has 4 heterocycles. The number of fused-ring (bicyclic) bond motifs is 1. The lowest BCUT2D eigenvalue weighted by Crippen LogP contribution is -2.42. The second-order valence-corrected chi connectivity index (χ2v) is 9.96. The van der Waals surface area contributed by atoms with Gasteiger partial charge in [-0.2, -0.15) is 15.5 Å². The van der Waals surface area contributed by atoms with Crippen molar-refractivity contribution in [2.75, 3.05) is 11.9 Å². The normalized spacial score (nSPS) is 12.8. The van der Waals surface area contributed by atoms with Crippen molar-refractivity contribution < 1.29 is 18.7 Å². The van der Waals surface area contributed by atoms with Gasteiger partial charge in [-0.3, -0.25) is 14.5 Å². The van der Waals surface area contributed by atoms with Crippen LogP contribution in [-0.4, -0.2) is 64.4 Å². The molecule has 0 aliphatic rings. The highest BCUT2D eigenvalue weighted by atomic mass is 19.1. The zero-order chi connectivity index (χ0) is 27.7. The predicted octanol–water partition coefficient (Wildman–Crippen LogP) is 3.19. The van der Waals surface area contributed by atoms with Crippen LogP contribution < -0.4 is 10.6 Å². The van der Waals surface area contributed by atoms with Crippen molar-refractivity contribution >= 4 is 23.1 Å². The maximum Gasteiger partial charge on any atom is 0.255 e. The number of nitriles is 1. The number of aromatic nitrogens is 6. The number of carbonyl (C=O) groups excluding carboxylic acids is 1. The van der Waals surface area contributed by atoms with Crippen LogP contribution >= 0.6 is 0 Å². The summed E-state index contributed by atoms with van der Waals surface area (Å²) in [7, 11) is 0. The molecule has 38 heavy (non-hydrogen) atoms. The number of hydrogen-bond donors (Lipinski definition) is 3. The summed E-state index contributed by atoms with van der Waals surface area (Å²) in [5.74, 6) is -0.284. The first kappa shape index (κ1) is 26.6. The van der Waals surface area contributed by atoms with E-state index in [0.29, 0.717) is 34.1 Å². The number of carbonyl (C=O) groups is 1. The summed E-state index contributed by atoms with van der Waals surface area (Å²) in [5.41, 5.74) is -1.05. The van der Waals surface area contributed by atoms with Gasteiger partial charge in [-0.25, -0.2) is 18.3 Å². The molecule has 1 unspecified atom stereocenters. The van der Waals surface area contributed by atoms with Crippen molar-refractivity contribution in [2.24, 2.45) is 0 Å². The molecule has 13 heteroatoms. The molecule has 4 rings (SSSR count). The molecule has 0 spiro atoms. The fourth-order valence-corrected chi connectivity index (χ4v) is 3.56. The number of hydrogen-bond acceptors (Lipinski definition) is 8. The molecule has 1 atom stereocenters. The Balaban J connectivity index is 1.69. The van der Waals surface area contributed by atoms with Crippen molar-refractivity contribution in [1.29, 1.82) is 5.26 Å². The minimum Gasteiger partial charge on any atom is -0.387 e. The number of rotatable bonds is 9. The zero-order valence-corrected chi connectivity index (χ0v) is 21.3. The van der Waals surface area contributed by atoms with Crippen molar-refractivity contribution in [1.82, 2.24) is 34.7 Å². The third kappa shape index (κ3) is 6.09. The average Bonchev–Trinajstić information content (AvgIpc) is 3.46. The number of halogens is 2. The van der Waals surface area contributed by atoms with E-state index in [2.05, 4.69) is 30.8 Å². The first-order valence-corrected chi connectivity index (χ1v) is 11.7. The molecule has 0 saturated carbocycles. The standard InChI is InChI=1S/C25H27F2N9O2/c1-24(2,27)14-35-6-5-21(34-35)33-17-8-18(19-12-30-22-7-15(9-28)10-32-36(19)22)29-11-16(17)23(37)31-13-20(26)25(3,4)38/h5-8,10-12,20,38H,13-14H2,1-4H3,(H,31,37)(H,29,33,34). The quantitative estimate of drug-likeness (QED) is 0.303. The van der Waals surface area contributed by atoms with E-state index in [1.807, 2.05) is 6.07 Å². The van der Waals surface area contributed by atoms with Gasteiger partial charge >= 0.3 is 0 Å². The molecule has 3 N–H and O–H groups in total. The lowest BCUT2D eigenvalue weighted by atomic mass is 10.0. The second-order valence-electron chi connectivity index (χ2n) is 9.96. The maximum atomic E-state index is 14.2. The topological polar surface area (TPSA) is 146 Å². The van der Waals surface area contributed by atoms with E-state index in [9.17, 15) is 18.7 Å². The summed E-state index contributed by atoms with van der Waals surface area (Å²) < 4.78 is 31.3. The van der Waals surface area contributed by atoms with Crippen molar-refractivity contribution in [3.63, 3.8) is 0 Å². The molecule has 1 amide bonds. The van der Waals surface area contributed by atoms with Gasteiger partial charge in [0.15, 0.2) is 11.5 Å². The van der Waals surface area contributed by atoms with Crippen LogP contribution in [0.15, 0.2) is 43.0 Å². The molecule has 0 radical (unpaired) electrons. The SMILES string of the molecule is CC(C)(F)Cn1ccc(Nc2cc(-c3cnc4cc(C#N)cnn34)ncc2C(=O)NCC(F)C(C)(C)O)n1. The van der Waals surface area contributed by atoms with Gasteiger partial charge < -0.3 is 15.7 Å². The molecule has 0 aliphatic heterocycles. The minimum absolute atomic E-state index is 0.0244. The lowest BCUT2D eigenvalue weighted by molar-refractivity contribution is -0.00177. The highest BCUT2D eigenvalue weighted by Gasteiger charge is 2.27. The predicted molar refractivity (Wildman–Crippen MR) is 135 cm³/mol. The summed E-state index contributed by atoms with van der Waals surface area (Å²) in [6, 6.07) is 6.79. The van der Waals surface area contributed by atoms with Crippen molar-refractivity contribution in [3.05, 3.63) is 54.1 Å². The van der Waals surface area contributed by atoms with E-state index in [0.717, 1.165) is 0 Å². The zero-order valence-electron chi connectivity index (χ0n) is 21.3. The molecule has 0 saturated heterocycles. The first-order valence-electron chi connectivity index (χ1n) is 11.7. The molecule has 0 aromatic carbocycles. The molecule has 0 fully saturated rings. The smallest absolute Gasteiger partial charge is 0.255 e. The maximum absolute atomic E-state index is 14.2. The van der Waals surface area contributed by atoms with Gasteiger partial charge in [-0.15, -0.1) is 0 Å². The van der Waals surface area contributed by atoms with E-state index in [-0.39, 0.29) is 12.1 Å². The summed E-state index contributed by atoms with van der Waals surface area (Å²) >= 11 is 0. The van der Waals surface area contributed by atoms with Gasteiger partial charge in [0.25, 0.3) is 5.91 Å². The Bertz CT molecular complexity index is 1510.